The maximum atomic E-state index is 3.69. The summed E-state index contributed by atoms with van der Waals surface area (Å²) in [6, 6.07) is 0.787. The molecular weight excluding hydrogens is 194 g/mol. The van der Waals surface area contributed by atoms with Crippen LogP contribution in [0.5, 0.6) is 0 Å². The number of hydrogen-bond donors (Lipinski definition) is 1. The fourth-order valence-corrected chi connectivity index (χ4v) is 2.95. The lowest BCUT2D eigenvalue weighted by atomic mass is 9.83. The van der Waals surface area contributed by atoms with E-state index >= 15 is 0 Å². The van der Waals surface area contributed by atoms with Crippen molar-refractivity contribution in [2.45, 2.75) is 78.2 Å². The van der Waals surface area contributed by atoms with E-state index in [0.717, 1.165) is 24.4 Å². The monoisotopic (exact) mass is 225 g/mol. The topological polar surface area (TPSA) is 12.0 Å². The van der Waals surface area contributed by atoms with E-state index in [1.165, 1.54) is 51.4 Å². The highest BCUT2D eigenvalue weighted by atomic mass is 14.9. The van der Waals surface area contributed by atoms with E-state index in [0.29, 0.717) is 0 Å². The Hall–Kier alpha value is -0.0400. The van der Waals surface area contributed by atoms with Crippen molar-refractivity contribution in [2.24, 2.45) is 11.8 Å². The molecule has 1 fully saturated rings. The normalized spacial score (nSPS) is 20.2. The van der Waals surface area contributed by atoms with Crippen molar-refractivity contribution >= 4 is 0 Å². The molecule has 0 aromatic carbocycles. The SMILES string of the molecule is CCNC(CCC(C)C)CC1CCCCC1. The molecule has 1 rings (SSSR count). The second kappa shape index (κ2) is 8.11. The average Bonchev–Trinajstić information content (AvgIpc) is 2.27. The van der Waals surface area contributed by atoms with Crippen LogP contribution >= 0.6 is 0 Å². The number of nitrogens with one attached hydrogen (secondary N) is 1. The first-order chi connectivity index (χ1) is 7.72. The van der Waals surface area contributed by atoms with Crippen molar-refractivity contribution in [1.29, 1.82) is 0 Å². The molecule has 1 atom stereocenters. The Morgan fingerprint density at radius 3 is 2.31 bits per heavy atom. The lowest BCUT2D eigenvalue weighted by Gasteiger charge is -2.27. The first-order valence-corrected chi connectivity index (χ1v) is 7.45. The largest absolute Gasteiger partial charge is 0.314 e. The number of hydrogen-bond acceptors (Lipinski definition) is 1. The first-order valence-electron chi connectivity index (χ1n) is 7.45. The molecule has 0 aromatic rings. The second-order valence-electron chi connectivity index (χ2n) is 5.97. The standard InChI is InChI=1S/C15H31N/c1-4-16-15(11-10-13(2)3)12-14-8-6-5-7-9-14/h13-16H,4-12H2,1-3H3. The van der Waals surface area contributed by atoms with Crippen LogP contribution in [0.3, 0.4) is 0 Å². The van der Waals surface area contributed by atoms with E-state index in [4.69, 9.17) is 0 Å². The van der Waals surface area contributed by atoms with Gasteiger partial charge in [0.25, 0.3) is 0 Å². The Morgan fingerprint density at radius 1 is 1.06 bits per heavy atom. The third-order valence-electron chi connectivity index (χ3n) is 3.93. The molecule has 1 aliphatic carbocycles. The van der Waals surface area contributed by atoms with Crippen molar-refractivity contribution in [2.75, 3.05) is 6.54 Å². The molecule has 1 unspecified atom stereocenters. The maximum Gasteiger partial charge on any atom is 0.00696 e. The fraction of sp³-hybridized carbons (Fsp3) is 1.00. The molecule has 1 saturated carbocycles. The van der Waals surface area contributed by atoms with Gasteiger partial charge in [0, 0.05) is 6.04 Å². The third-order valence-corrected chi connectivity index (χ3v) is 3.93. The summed E-state index contributed by atoms with van der Waals surface area (Å²) in [6.07, 6.45) is 11.6. The summed E-state index contributed by atoms with van der Waals surface area (Å²) < 4.78 is 0. The summed E-state index contributed by atoms with van der Waals surface area (Å²) in [6.45, 7) is 8.05. The smallest absolute Gasteiger partial charge is 0.00696 e. The van der Waals surface area contributed by atoms with Crippen LogP contribution in [0.25, 0.3) is 0 Å². The zero-order valence-corrected chi connectivity index (χ0v) is 11.6. The molecule has 0 heterocycles. The van der Waals surface area contributed by atoms with Crippen molar-refractivity contribution < 1.29 is 0 Å². The zero-order chi connectivity index (χ0) is 11.8. The lowest BCUT2D eigenvalue weighted by molar-refractivity contribution is 0.285. The zero-order valence-electron chi connectivity index (χ0n) is 11.6. The lowest BCUT2D eigenvalue weighted by Crippen LogP contribution is -2.31. The Bertz CT molecular complexity index is 159. The van der Waals surface area contributed by atoms with Crippen LogP contribution in [0.2, 0.25) is 0 Å². The minimum atomic E-state index is 0.787. The van der Waals surface area contributed by atoms with Gasteiger partial charge in [-0.1, -0.05) is 52.9 Å². The molecule has 0 bridgehead atoms. The molecule has 1 aliphatic rings. The summed E-state index contributed by atoms with van der Waals surface area (Å²) in [5, 5.41) is 3.69. The van der Waals surface area contributed by atoms with Crippen molar-refractivity contribution in [3.05, 3.63) is 0 Å². The van der Waals surface area contributed by atoms with E-state index in [-0.39, 0.29) is 0 Å². The van der Waals surface area contributed by atoms with E-state index in [1.807, 2.05) is 0 Å². The van der Waals surface area contributed by atoms with Gasteiger partial charge in [0.05, 0.1) is 0 Å². The highest BCUT2D eigenvalue weighted by Gasteiger charge is 2.18. The van der Waals surface area contributed by atoms with Gasteiger partial charge in [0.2, 0.25) is 0 Å². The Morgan fingerprint density at radius 2 is 1.75 bits per heavy atom. The van der Waals surface area contributed by atoms with Gasteiger partial charge < -0.3 is 5.32 Å². The average molecular weight is 225 g/mol. The first kappa shape index (κ1) is 14.0. The molecule has 0 radical (unpaired) electrons. The molecule has 16 heavy (non-hydrogen) atoms. The fourth-order valence-electron chi connectivity index (χ4n) is 2.95. The molecule has 0 amide bonds. The minimum Gasteiger partial charge on any atom is -0.314 e. The molecule has 96 valence electrons. The summed E-state index contributed by atoms with van der Waals surface area (Å²) in [7, 11) is 0. The van der Waals surface area contributed by atoms with Crippen LogP contribution in [0, 0.1) is 11.8 Å². The van der Waals surface area contributed by atoms with Crippen LogP contribution in [0.4, 0.5) is 0 Å². The van der Waals surface area contributed by atoms with Crippen LogP contribution in [-0.4, -0.2) is 12.6 Å². The van der Waals surface area contributed by atoms with Gasteiger partial charge in [-0.3, -0.25) is 0 Å². The summed E-state index contributed by atoms with van der Waals surface area (Å²) >= 11 is 0. The Balaban J connectivity index is 2.25. The molecule has 0 aliphatic heterocycles. The minimum absolute atomic E-state index is 0.787. The predicted molar refractivity (Wildman–Crippen MR) is 72.7 cm³/mol. The Kier molecular flexibility index (Phi) is 7.11. The van der Waals surface area contributed by atoms with Gasteiger partial charge in [-0.25, -0.2) is 0 Å². The molecule has 0 aromatic heterocycles. The highest BCUT2D eigenvalue weighted by Crippen LogP contribution is 2.28. The van der Waals surface area contributed by atoms with Crippen molar-refractivity contribution in [1.82, 2.24) is 5.32 Å². The van der Waals surface area contributed by atoms with Gasteiger partial charge >= 0.3 is 0 Å². The van der Waals surface area contributed by atoms with Crippen LogP contribution in [-0.2, 0) is 0 Å². The third kappa shape index (κ3) is 5.89. The molecular formula is C15H31N. The predicted octanol–water partition coefficient (Wildman–Crippen LogP) is 4.37. The van der Waals surface area contributed by atoms with Crippen LogP contribution < -0.4 is 5.32 Å². The van der Waals surface area contributed by atoms with E-state index in [9.17, 15) is 0 Å². The van der Waals surface area contributed by atoms with Gasteiger partial charge in [-0.2, -0.15) is 0 Å². The van der Waals surface area contributed by atoms with E-state index in [2.05, 4.69) is 26.1 Å². The molecule has 1 nitrogen and oxygen atoms in total. The molecule has 0 saturated heterocycles. The van der Waals surface area contributed by atoms with Gasteiger partial charge in [-0.05, 0) is 37.6 Å². The van der Waals surface area contributed by atoms with Gasteiger partial charge in [-0.15, -0.1) is 0 Å². The van der Waals surface area contributed by atoms with E-state index < -0.39 is 0 Å². The summed E-state index contributed by atoms with van der Waals surface area (Å²) in [4.78, 5) is 0. The summed E-state index contributed by atoms with van der Waals surface area (Å²) in [5.74, 6) is 1.87. The molecule has 0 spiro atoms. The maximum absolute atomic E-state index is 3.69. The van der Waals surface area contributed by atoms with Crippen LogP contribution in [0.1, 0.15) is 72.1 Å². The molecule has 1 heteroatoms. The van der Waals surface area contributed by atoms with Gasteiger partial charge in [0.15, 0.2) is 0 Å². The van der Waals surface area contributed by atoms with Crippen molar-refractivity contribution in [3.8, 4) is 0 Å². The number of rotatable bonds is 7. The Labute approximate surface area is 102 Å². The quantitative estimate of drug-likeness (QED) is 0.678. The molecule has 1 N–H and O–H groups in total. The van der Waals surface area contributed by atoms with Crippen LogP contribution in [0.15, 0.2) is 0 Å². The second-order valence-corrected chi connectivity index (χ2v) is 5.97. The summed E-state index contributed by atoms with van der Waals surface area (Å²) in [5.41, 5.74) is 0. The van der Waals surface area contributed by atoms with Gasteiger partial charge in [0.1, 0.15) is 0 Å². The highest BCUT2D eigenvalue weighted by molar-refractivity contribution is 4.74. The van der Waals surface area contributed by atoms with E-state index in [1.54, 1.807) is 0 Å². The van der Waals surface area contributed by atoms with Crippen molar-refractivity contribution in [3.63, 3.8) is 0 Å².